The number of rotatable bonds is 4. The van der Waals surface area contributed by atoms with Crippen LogP contribution in [0.5, 0.6) is 0 Å². The molecule has 6 heteroatoms. The smallest absolute Gasteiger partial charge is 0.339 e. The van der Waals surface area contributed by atoms with Gasteiger partial charge in [-0.05, 0) is 50.0 Å². The molecule has 3 fully saturated rings. The Labute approximate surface area is 134 Å². The summed E-state index contributed by atoms with van der Waals surface area (Å²) in [6.07, 6.45) is 4.62. The number of aliphatic hydroxyl groups is 1. The number of hydrogen-bond donors (Lipinski definition) is 2. The van der Waals surface area contributed by atoms with E-state index in [0.717, 1.165) is 24.8 Å². The van der Waals surface area contributed by atoms with Gasteiger partial charge in [-0.3, -0.25) is 4.79 Å². The van der Waals surface area contributed by atoms with Crippen molar-refractivity contribution in [1.29, 1.82) is 0 Å². The molecule has 0 spiro atoms. The summed E-state index contributed by atoms with van der Waals surface area (Å²) in [5.41, 5.74) is -1.44. The number of allylic oxidation sites excluding steroid dienone is 1. The van der Waals surface area contributed by atoms with Crippen molar-refractivity contribution < 1.29 is 19.4 Å². The molecule has 0 aromatic carbocycles. The number of ether oxygens (including phenoxy) is 1. The van der Waals surface area contributed by atoms with E-state index in [1.165, 1.54) is 0 Å². The van der Waals surface area contributed by atoms with Gasteiger partial charge in [-0.25, -0.2) is 4.79 Å². The third-order valence-electron chi connectivity index (χ3n) is 6.10. The van der Waals surface area contributed by atoms with Crippen molar-refractivity contribution in [3.63, 3.8) is 0 Å². The van der Waals surface area contributed by atoms with E-state index in [1.54, 1.807) is 6.92 Å². The molecule has 2 N–H and O–H groups in total. The highest BCUT2D eigenvalue weighted by Crippen LogP contribution is 2.57. The number of carbonyl (C=O) groups is 2. The normalized spacial score (nSPS) is 46.7. The Kier molecular flexibility index (Phi) is 2.96. The van der Waals surface area contributed by atoms with Crippen LogP contribution in [0.2, 0.25) is 0 Å². The molecular weight excluding hydrogens is 306 g/mol. The Bertz CT molecular complexity index is 591. The first-order chi connectivity index (χ1) is 10.5. The lowest BCUT2D eigenvalue weighted by Gasteiger charge is -2.53. The first kappa shape index (κ1) is 14.5. The minimum atomic E-state index is -1.34. The molecule has 4 rings (SSSR count). The van der Waals surface area contributed by atoms with Gasteiger partial charge in [0.1, 0.15) is 6.10 Å². The minimum Gasteiger partial charge on any atom is -0.453 e. The quantitative estimate of drug-likeness (QED) is 0.461. The van der Waals surface area contributed by atoms with Gasteiger partial charge in [0, 0.05) is 5.88 Å². The number of carbonyl (C=O) groups excluding carboxylic acids is 2. The predicted octanol–water partition coefficient (Wildman–Crippen LogP) is 1.13. The van der Waals surface area contributed by atoms with Crippen LogP contribution in [-0.4, -0.2) is 40.1 Å². The minimum absolute atomic E-state index is 0.253. The van der Waals surface area contributed by atoms with Crippen LogP contribution in [0.3, 0.4) is 0 Å². The largest absolute Gasteiger partial charge is 0.453 e. The third-order valence-corrected chi connectivity index (χ3v) is 6.32. The molecule has 4 aliphatic rings. The summed E-state index contributed by atoms with van der Waals surface area (Å²) in [7, 11) is 0. The molecule has 0 aromatic rings. The van der Waals surface area contributed by atoms with E-state index >= 15 is 0 Å². The number of halogens is 1. The van der Waals surface area contributed by atoms with Crippen LogP contribution in [0.4, 0.5) is 0 Å². The standard InChI is InChI=1S/C16H20ClNO4/c1-15-11(5-6-17)13(20)18-16(15,14(21)22-15)12(19)9-4-2-3-8-7-10(8)9/h4,8,10-12,19H,2-3,5-7H2,1H3,(H,18,20)/t8-,10+,11+,12+,15-,16?/m1/s1. The molecule has 1 amide bonds. The highest BCUT2D eigenvalue weighted by Gasteiger charge is 2.79. The maximum Gasteiger partial charge on any atom is 0.339 e. The molecule has 0 bridgehead atoms. The average molecular weight is 326 g/mol. The molecule has 0 radical (unpaired) electrons. The fourth-order valence-electron chi connectivity index (χ4n) is 4.68. The molecule has 5 nitrogen and oxygen atoms in total. The topological polar surface area (TPSA) is 75.6 Å². The van der Waals surface area contributed by atoms with Crippen molar-refractivity contribution in [2.75, 3.05) is 5.88 Å². The molecule has 2 heterocycles. The summed E-state index contributed by atoms with van der Waals surface area (Å²) in [4.78, 5) is 24.6. The first-order valence-corrected chi connectivity index (χ1v) is 8.48. The van der Waals surface area contributed by atoms with Gasteiger partial charge in [0.2, 0.25) is 11.4 Å². The zero-order valence-corrected chi connectivity index (χ0v) is 13.2. The fraction of sp³-hybridized carbons (Fsp3) is 0.750. The SMILES string of the molecule is C[C@]12OC(=O)C1([C@@H](O)C1=CCC[C@@H]3C[C@H]13)NC(=O)[C@@H]2CCCl. The fourth-order valence-corrected chi connectivity index (χ4v) is 4.90. The van der Waals surface area contributed by atoms with Crippen molar-refractivity contribution in [1.82, 2.24) is 5.32 Å². The highest BCUT2D eigenvalue weighted by molar-refractivity contribution is 6.18. The zero-order chi connectivity index (χ0) is 15.7. The lowest BCUT2D eigenvalue weighted by molar-refractivity contribution is -0.232. The maximum atomic E-state index is 12.3. The molecule has 2 aliphatic carbocycles. The molecule has 2 saturated heterocycles. The van der Waals surface area contributed by atoms with Gasteiger partial charge < -0.3 is 15.2 Å². The molecule has 6 atom stereocenters. The number of nitrogens with one attached hydrogen (secondary N) is 1. The number of hydrogen-bond acceptors (Lipinski definition) is 4. The summed E-state index contributed by atoms with van der Waals surface area (Å²) in [6.45, 7) is 1.74. The van der Waals surface area contributed by atoms with E-state index < -0.39 is 29.1 Å². The summed E-state index contributed by atoms with van der Waals surface area (Å²) < 4.78 is 5.38. The lowest BCUT2D eigenvalue weighted by atomic mass is 9.65. The number of alkyl halides is 1. The van der Waals surface area contributed by atoms with Gasteiger partial charge >= 0.3 is 5.97 Å². The highest BCUT2D eigenvalue weighted by atomic mass is 35.5. The number of esters is 1. The summed E-state index contributed by atoms with van der Waals surface area (Å²) in [5.74, 6) is 0.0129. The summed E-state index contributed by atoms with van der Waals surface area (Å²) in [5, 5.41) is 13.7. The van der Waals surface area contributed by atoms with Crippen LogP contribution in [-0.2, 0) is 14.3 Å². The van der Waals surface area contributed by atoms with Crippen LogP contribution in [0.25, 0.3) is 0 Å². The first-order valence-electron chi connectivity index (χ1n) is 7.95. The Morgan fingerprint density at radius 3 is 3.00 bits per heavy atom. The monoisotopic (exact) mass is 325 g/mol. The molecule has 120 valence electrons. The third kappa shape index (κ3) is 1.54. The number of fused-ring (bicyclic) bond motifs is 2. The zero-order valence-electron chi connectivity index (χ0n) is 12.5. The van der Waals surface area contributed by atoms with E-state index in [4.69, 9.17) is 16.3 Å². The van der Waals surface area contributed by atoms with Crippen LogP contribution < -0.4 is 5.32 Å². The van der Waals surface area contributed by atoms with E-state index in [9.17, 15) is 14.7 Å². The van der Waals surface area contributed by atoms with Gasteiger partial charge in [0.25, 0.3) is 0 Å². The van der Waals surface area contributed by atoms with E-state index in [1.807, 2.05) is 6.08 Å². The molecular formula is C16H20ClNO4. The van der Waals surface area contributed by atoms with Crippen molar-refractivity contribution in [2.45, 2.75) is 49.9 Å². The van der Waals surface area contributed by atoms with Crippen molar-refractivity contribution in [3.05, 3.63) is 11.6 Å². The Morgan fingerprint density at radius 1 is 1.55 bits per heavy atom. The molecule has 2 aliphatic heterocycles. The van der Waals surface area contributed by atoms with Crippen molar-refractivity contribution in [2.24, 2.45) is 17.8 Å². The van der Waals surface area contributed by atoms with Crippen molar-refractivity contribution in [3.8, 4) is 0 Å². The van der Waals surface area contributed by atoms with Crippen molar-refractivity contribution >= 4 is 23.5 Å². The predicted molar refractivity (Wildman–Crippen MR) is 79.1 cm³/mol. The van der Waals surface area contributed by atoms with Crippen LogP contribution in [0, 0.1) is 17.8 Å². The van der Waals surface area contributed by atoms with Gasteiger partial charge in [-0.15, -0.1) is 11.6 Å². The lowest BCUT2D eigenvalue weighted by Crippen LogP contribution is -2.79. The Balaban J connectivity index is 1.71. The van der Waals surface area contributed by atoms with E-state index in [2.05, 4.69) is 5.32 Å². The maximum absolute atomic E-state index is 12.3. The van der Waals surface area contributed by atoms with E-state index in [-0.39, 0.29) is 5.91 Å². The molecule has 1 unspecified atom stereocenters. The van der Waals surface area contributed by atoms with Crippen LogP contribution >= 0.6 is 11.6 Å². The molecule has 1 saturated carbocycles. The molecule has 0 aromatic heterocycles. The summed E-state index contributed by atoms with van der Waals surface area (Å²) in [6, 6.07) is 0. The number of aliphatic hydroxyl groups excluding tert-OH is 1. The Hall–Kier alpha value is -1.07. The van der Waals surface area contributed by atoms with Gasteiger partial charge in [-0.1, -0.05) is 6.08 Å². The van der Waals surface area contributed by atoms with Gasteiger partial charge in [-0.2, -0.15) is 0 Å². The number of amides is 1. The van der Waals surface area contributed by atoms with Crippen LogP contribution in [0.1, 0.15) is 32.6 Å². The second kappa shape index (κ2) is 4.48. The second-order valence-corrected chi connectivity index (χ2v) is 7.49. The average Bonchev–Trinajstić information content (AvgIpc) is 3.25. The van der Waals surface area contributed by atoms with Gasteiger partial charge in [0.05, 0.1) is 5.92 Å². The summed E-state index contributed by atoms with van der Waals surface area (Å²) >= 11 is 5.79. The Morgan fingerprint density at radius 2 is 2.32 bits per heavy atom. The molecule has 22 heavy (non-hydrogen) atoms. The van der Waals surface area contributed by atoms with Crippen LogP contribution in [0.15, 0.2) is 11.6 Å². The van der Waals surface area contributed by atoms with Gasteiger partial charge in [0.15, 0.2) is 5.60 Å². The van der Waals surface area contributed by atoms with E-state index in [0.29, 0.717) is 24.1 Å². The second-order valence-electron chi connectivity index (χ2n) is 7.11.